The molecule has 5 heteroatoms. The molecule has 4 nitrogen and oxygen atoms in total. The van der Waals surface area contributed by atoms with Crippen molar-refractivity contribution in [2.24, 2.45) is 11.8 Å². The molecule has 0 unspecified atom stereocenters. The average molecular weight is 286 g/mol. The highest BCUT2D eigenvalue weighted by Gasteiger charge is 2.43. The largest absolute Gasteiger partial charge is 0.481 e. The van der Waals surface area contributed by atoms with Gasteiger partial charge in [-0.2, -0.15) is 0 Å². The SMILES string of the molecule is Cc1cc(Br)cn(C[C@@H]2C[C@H]2C(=O)O)c1=O. The lowest BCUT2D eigenvalue weighted by Gasteiger charge is -2.06. The first-order valence-corrected chi connectivity index (χ1v) is 5.87. The third kappa shape index (κ3) is 2.19. The topological polar surface area (TPSA) is 59.3 Å². The quantitative estimate of drug-likeness (QED) is 0.919. The number of halogens is 1. The monoisotopic (exact) mass is 285 g/mol. The van der Waals surface area contributed by atoms with Crippen LogP contribution in [0, 0.1) is 18.8 Å². The normalized spacial score (nSPS) is 23.1. The molecule has 1 aliphatic rings. The number of nitrogens with zero attached hydrogens (tertiary/aromatic N) is 1. The summed E-state index contributed by atoms with van der Waals surface area (Å²) in [6.45, 7) is 2.25. The van der Waals surface area contributed by atoms with E-state index >= 15 is 0 Å². The number of aromatic nitrogens is 1. The van der Waals surface area contributed by atoms with Gasteiger partial charge in [-0.05, 0) is 41.3 Å². The van der Waals surface area contributed by atoms with Gasteiger partial charge >= 0.3 is 5.97 Å². The maximum absolute atomic E-state index is 11.8. The first-order chi connectivity index (χ1) is 7.49. The standard InChI is InChI=1S/C11H12BrNO3/c1-6-2-8(12)5-13(10(6)14)4-7-3-9(7)11(15)16/h2,5,7,9H,3-4H2,1H3,(H,15,16)/t7-,9+/m0/s1. The molecule has 16 heavy (non-hydrogen) atoms. The molecule has 0 saturated heterocycles. The van der Waals surface area contributed by atoms with E-state index in [2.05, 4.69) is 15.9 Å². The summed E-state index contributed by atoms with van der Waals surface area (Å²) in [7, 11) is 0. The highest BCUT2D eigenvalue weighted by molar-refractivity contribution is 9.10. The second-order valence-corrected chi connectivity index (χ2v) is 5.16. The van der Waals surface area contributed by atoms with Crippen molar-refractivity contribution in [1.82, 2.24) is 4.57 Å². The fourth-order valence-electron chi connectivity index (χ4n) is 1.88. The first kappa shape index (κ1) is 11.4. The molecule has 1 aromatic rings. The Hall–Kier alpha value is -1.10. The maximum atomic E-state index is 11.8. The third-order valence-corrected chi connectivity index (χ3v) is 3.34. The van der Waals surface area contributed by atoms with Crippen LogP contribution in [0.5, 0.6) is 0 Å². The molecular weight excluding hydrogens is 274 g/mol. The highest BCUT2D eigenvalue weighted by atomic mass is 79.9. The lowest BCUT2D eigenvalue weighted by molar-refractivity contribution is -0.138. The summed E-state index contributed by atoms with van der Waals surface area (Å²) in [5, 5.41) is 8.78. The van der Waals surface area contributed by atoms with Crippen LogP contribution in [0.25, 0.3) is 0 Å². The second kappa shape index (κ2) is 4.05. The molecule has 0 amide bonds. The minimum atomic E-state index is -0.759. The van der Waals surface area contributed by atoms with Gasteiger partial charge in [-0.25, -0.2) is 0 Å². The lowest BCUT2D eigenvalue weighted by atomic mass is 10.3. The molecule has 1 saturated carbocycles. The second-order valence-electron chi connectivity index (χ2n) is 4.24. The van der Waals surface area contributed by atoms with Crippen molar-refractivity contribution >= 4 is 21.9 Å². The van der Waals surface area contributed by atoms with Gasteiger partial charge in [-0.1, -0.05) is 0 Å². The summed E-state index contributed by atoms with van der Waals surface area (Å²) >= 11 is 3.33. The van der Waals surface area contributed by atoms with E-state index in [0.29, 0.717) is 18.5 Å². The summed E-state index contributed by atoms with van der Waals surface area (Å²) < 4.78 is 2.43. The molecule has 2 atom stereocenters. The van der Waals surface area contributed by atoms with Crippen molar-refractivity contribution in [2.45, 2.75) is 19.9 Å². The van der Waals surface area contributed by atoms with Crippen molar-refractivity contribution in [3.63, 3.8) is 0 Å². The van der Waals surface area contributed by atoms with Crippen LogP contribution in [0.1, 0.15) is 12.0 Å². The van der Waals surface area contributed by atoms with Gasteiger partial charge < -0.3 is 9.67 Å². The molecular formula is C11H12BrNO3. The van der Waals surface area contributed by atoms with Crippen molar-refractivity contribution in [3.8, 4) is 0 Å². The van der Waals surface area contributed by atoms with Crippen LogP contribution in [0.3, 0.4) is 0 Å². The molecule has 0 bridgehead atoms. The van der Waals surface area contributed by atoms with E-state index in [1.165, 1.54) is 0 Å². The zero-order valence-corrected chi connectivity index (χ0v) is 10.4. The number of hydrogen-bond acceptors (Lipinski definition) is 2. The molecule has 1 N–H and O–H groups in total. The van der Waals surface area contributed by atoms with Crippen LogP contribution < -0.4 is 5.56 Å². The van der Waals surface area contributed by atoms with E-state index < -0.39 is 5.97 Å². The van der Waals surface area contributed by atoms with Gasteiger partial charge in [-0.15, -0.1) is 0 Å². The molecule has 0 radical (unpaired) electrons. The number of carboxylic acid groups (broad SMARTS) is 1. The third-order valence-electron chi connectivity index (χ3n) is 2.90. The predicted octanol–water partition coefficient (Wildman–Crippen LogP) is 1.64. The highest BCUT2D eigenvalue weighted by Crippen LogP contribution is 2.39. The Kier molecular flexibility index (Phi) is 2.88. The predicted molar refractivity (Wildman–Crippen MR) is 62.4 cm³/mol. The Bertz CT molecular complexity index is 494. The Morgan fingerprint density at radius 1 is 1.69 bits per heavy atom. The average Bonchev–Trinajstić information content (AvgIpc) is 2.93. The Morgan fingerprint density at radius 2 is 2.38 bits per heavy atom. The summed E-state index contributed by atoms with van der Waals surface area (Å²) in [6.07, 6.45) is 2.39. The summed E-state index contributed by atoms with van der Waals surface area (Å²) in [6, 6.07) is 1.76. The number of pyridine rings is 1. The van der Waals surface area contributed by atoms with Gasteiger partial charge in [0.25, 0.3) is 5.56 Å². The fraction of sp³-hybridized carbons (Fsp3) is 0.455. The van der Waals surface area contributed by atoms with Crippen LogP contribution >= 0.6 is 15.9 Å². The minimum absolute atomic E-state index is 0.0424. The Labute approximate surface area is 101 Å². The molecule has 1 heterocycles. The van der Waals surface area contributed by atoms with E-state index in [1.54, 1.807) is 23.8 Å². The molecule has 0 aliphatic heterocycles. The van der Waals surface area contributed by atoms with Gasteiger partial charge in [0.05, 0.1) is 5.92 Å². The zero-order valence-electron chi connectivity index (χ0n) is 8.81. The van der Waals surface area contributed by atoms with Crippen molar-refractivity contribution in [3.05, 3.63) is 32.7 Å². The lowest BCUT2D eigenvalue weighted by Crippen LogP contribution is -2.23. The maximum Gasteiger partial charge on any atom is 0.306 e. The number of carbonyl (C=O) groups is 1. The molecule has 2 rings (SSSR count). The summed E-state index contributed by atoms with van der Waals surface area (Å²) in [4.78, 5) is 22.4. The van der Waals surface area contributed by atoms with Crippen molar-refractivity contribution < 1.29 is 9.90 Å². The fourth-order valence-corrected chi connectivity index (χ4v) is 2.47. The number of hydrogen-bond donors (Lipinski definition) is 1. The smallest absolute Gasteiger partial charge is 0.306 e. The molecule has 1 aromatic heterocycles. The summed E-state index contributed by atoms with van der Waals surface area (Å²) in [5.74, 6) is -0.931. The minimum Gasteiger partial charge on any atom is -0.481 e. The summed E-state index contributed by atoms with van der Waals surface area (Å²) in [5.41, 5.74) is 0.626. The van der Waals surface area contributed by atoms with Crippen LogP contribution in [0.2, 0.25) is 0 Å². The van der Waals surface area contributed by atoms with Crippen molar-refractivity contribution in [1.29, 1.82) is 0 Å². The van der Waals surface area contributed by atoms with Gasteiger partial charge in [0.2, 0.25) is 0 Å². The Balaban J connectivity index is 2.17. The first-order valence-electron chi connectivity index (χ1n) is 5.08. The van der Waals surface area contributed by atoms with Gasteiger partial charge in [0.15, 0.2) is 0 Å². The number of rotatable bonds is 3. The Morgan fingerprint density at radius 3 is 2.94 bits per heavy atom. The van der Waals surface area contributed by atoms with E-state index in [-0.39, 0.29) is 17.4 Å². The zero-order chi connectivity index (χ0) is 11.9. The van der Waals surface area contributed by atoms with E-state index in [0.717, 1.165) is 4.47 Å². The number of aryl methyl sites for hydroxylation is 1. The van der Waals surface area contributed by atoms with Crippen LogP contribution in [-0.2, 0) is 11.3 Å². The van der Waals surface area contributed by atoms with Crippen LogP contribution in [-0.4, -0.2) is 15.6 Å². The van der Waals surface area contributed by atoms with E-state index in [1.807, 2.05) is 0 Å². The van der Waals surface area contributed by atoms with E-state index in [4.69, 9.17) is 5.11 Å². The molecule has 0 spiro atoms. The van der Waals surface area contributed by atoms with Crippen LogP contribution in [0.4, 0.5) is 0 Å². The number of aliphatic carboxylic acids is 1. The van der Waals surface area contributed by atoms with Crippen molar-refractivity contribution in [2.75, 3.05) is 0 Å². The van der Waals surface area contributed by atoms with Crippen LogP contribution in [0.15, 0.2) is 21.5 Å². The molecule has 1 aliphatic carbocycles. The molecule has 1 fully saturated rings. The molecule has 0 aromatic carbocycles. The van der Waals surface area contributed by atoms with Gasteiger partial charge in [-0.3, -0.25) is 9.59 Å². The van der Waals surface area contributed by atoms with Gasteiger partial charge in [0.1, 0.15) is 0 Å². The number of carboxylic acids is 1. The van der Waals surface area contributed by atoms with Gasteiger partial charge in [0, 0.05) is 22.8 Å². The molecule has 86 valence electrons. The van der Waals surface area contributed by atoms with E-state index in [9.17, 15) is 9.59 Å².